The number of hydrogen-bond donors (Lipinski definition) is 0. The Balaban J connectivity index is 1.24. The molecule has 0 aromatic heterocycles. The van der Waals surface area contributed by atoms with Gasteiger partial charge in [-0.15, -0.1) is 6.58 Å². The first-order valence-corrected chi connectivity index (χ1v) is 19.2. The van der Waals surface area contributed by atoms with Crippen LogP contribution in [0.1, 0.15) is 72.3 Å². The molecular formula is C44H52O7. The zero-order chi connectivity index (χ0) is 35.9. The second-order valence-corrected chi connectivity index (χ2v) is 18.1. The van der Waals surface area contributed by atoms with Gasteiger partial charge in [0.1, 0.15) is 19.3 Å². The van der Waals surface area contributed by atoms with E-state index in [2.05, 4.69) is 47.3 Å². The number of carbonyl (C=O) groups is 3. The number of rotatable bonds is 5. The summed E-state index contributed by atoms with van der Waals surface area (Å²) in [6.45, 7) is 20.8. The largest absolute Gasteiger partial charge is 0.460 e. The van der Waals surface area contributed by atoms with Crippen molar-refractivity contribution >= 4 is 17.5 Å². The van der Waals surface area contributed by atoms with Gasteiger partial charge in [0.15, 0.2) is 23.5 Å². The van der Waals surface area contributed by atoms with Crippen molar-refractivity contribution in [1.82, 2.24) is 0 Å². The van der Waals surface area contributed by atoms with Crippen LogP contribution >= 0.6 is 0 Å². The van der Waals surface area contributed by atoms with Crippen molar-refractivity contribution in [2.75, 3.05) is 13.2 Å². The Morgan fingerprint density at radius 1 is 1.12 bits per heavy atom. The SMILES string of the molecule is C=C[C@H]1CC2(C(=O)OCc3ccccc3)[C@]34CC3[C@H]3OC5CC(C)C(C(C)C)COCC(=O)[C@]3(O5)[C@@]4(C)C[C@@H]3CC(=C)[C@]32[C@@]2(C)C=CC(=O)C=C12. The molecule has 1 aromatic rings. The predicted molar refractivity (Wildman–Crippen MR) is 191 cm³/mol. The van der Waals surface area contributed by atoms with Crippen molar-refractivity contribution in [3.8, 4) is 0 Å². The summed E-state index contributed by atoms with van der Waals surface area (Å²) in [5.41, 5.74) is -2.23. The number of allylic oxidation sites excluding steroid dienone is 6. The van der Waals surface area contributed by atoms with Gasteiger partial charge in [0.05, 0.1) is 12.0 Å². The molecule has 9 rings (SSSR count). The number of Topliss-reactive ketones (excluding diaryl/α,β-unsaturated/α-hetero) is 1. The van der Waals surface area contributed by atoms with E-state index in [1.165, 1.54) is 0 Å². The lowest BCUT2D eigenvalue weighted by atomic mass is 9.23. The summed E-state index contributed by atoms with van der Waals surface area (Å²) in [7, 11) is 0. The smallest absolute Gasteiger partial charge is 0.314 e. The zero-order valence-corrected chi connectivity index (χ0v) is 30.7. The fraction of sp³-hybridized carbons (Fsp3) is 0.614. The molecule has 270 valence electrons. The number of ether oxygens (including phenoxy) is 4. The van der Waals surface area contributed by atoms with Crippen molar-refractivity contribution in [2.24, 2.45) is 62.6 Å². The first-order chi connectivity index (χ1) is 24.3. The molecule has 0 amide bonds. The Morgan fingerprint density at radius 2 is 1.88 bits per heavy atom. The quantitative estimate of drug-likeness (QED) is 0.235. The summed E-state index contributed by atoms with van der Waals surface area (Å²) in [4.78, 5) is 43.8. The Kier molecular flexibility index (Phi) is 7.09. The third kappa shape index (κ3) is 3.65. The highest BCUT2D eigenvalue weighted by molar-refractivity contribution is 6.02. The Morgan fingerprint density at radius 3 is 2.59 bits per heavy atom. The molecule has 0 radical (unpaired) electrons. The van der Waals surface area contributed by atoms with Crippen molar-refractivity contribution in [1.29, 1.82) is 0 Å². The maximum absolute atomic E-state index is 15.8. The Hall–Kier alpha value is -3.13. The van der Waals surface area contributed by atoms with Crippen LogP contribution in [0.15, 0.2) is 78.9 Å². The molecule has 1 aromatic carbocycles. The van der Waals surface area contributed by atoms with Crippen LogP contribution in [0.2, 0.25) is 0 Å². The van der Waals surface area contributed by atoms with Crippen LogP contribution in [0, 0.1) is 62.6 Å². The molecule has 2 heterocycles. The molecule has 0 N–H and O–H groups in total. The minimum atomic E-state index is -1.25. The van der Waals surface area contributed by atoms with Crippen LogP contribution in [0.3, 0.4) is 0 Å². The third-order valence-corrected chi connectivity index (χ3v) is 16.1. The fourth-order valence-corrected chi connectivity index (χ4v) is 14.4. The molecule has 3 spiro atoms. The summed E-state index contributed by atoms with van der Waals surface area (Å²) in [6.07, 6.45) is 9.69. The molecule has 8 aliphatic rings. The van der Waals surface area contributed by atoms with E-state index in [4.69, 9.17) is 25.5 Å². The maximum atomic E-state index is 15.8. The van der Waals surface area contributed by atoms with E-state index >= 15 is 4.79 Å². The molecule has 2 aliphatic heterocycles. The van der Waals surface area contributed by atoms with E-state index in [1.54, 1.807) is 12.2 Å². The molecule has 7 heteroatoms. The Labute approximate surface area is 301 Å². The lowest BCUT2D eigenvalue weighted by Crippen LogP contribution is -2.79. The van der Waals surface area contributed by atoms with Crippen LogP contribution in [-0.4, -0.2) is 48.7 Å². The average molecular weight is 693 g/mol. The minimum Gasteiger partial charge on any atom is -0.460 e. The average Bonchev–Trinajstić information content (AvgIpc) is 3.70. The van der Waals surface area contributed by atoms with Crippen molar-refractivity contribution in [3.05, 3.63) is 84.5 Å². The van der Waals surface area contributed by atoms with Gasteiger partial charge in [-0.3, -0.25) is 14.4 Å². The molecular weight excluding hydrogens is 640 g/mol. The zero-order valence-electron chi connectivity index (χ0n) is 30.7. The van der Waals surface area contributed by atoms with Gasteiger partial charge < -0.3 is 18.9 Å². The lowest BCUT2D eigenvalue weighted by molar-refractivity contribution is -0.279. The molecule has 51 heavy (non-hydrogen) atoms. The van der Waals surface area contributed by atoms with Crippen LogP contribution in [0.5, 0.6) is 0 Å². The van der Waals surface area contributed by atoms with Gasteiger partial charge >= 0.3 is 5.97 Å². The molecule has 7 fully saturated rings. The molecule has 2 saturated heterocycles. The highest BCUT2D eigenvalue weighted by atomic mass is 16.7. The van der Waals surface area contributed by atoms with E-state index in [0.29, 0.717) is 31.8 Å². The molecule has 7 nitrogen and oxygen atoms in total. The number of ketones is 2. The van der Waals surface area contributed by atoms with E-state index in [1.807, 2.05) is 36.4 Å². The van der Waals surface area contributed by atoms with Crippen molar-refractivity contribution < 1.29 is 33.3 Å². The van der Waals surface area contributed by atoms with Gasteiger partial charge in [-0.1, -0.05) is 89.3 Å². The van der Waals surface area contributed by atoms with Gasteiger partial charge in [0, 0.05) is 28.1 Å². The summed E-state index contributed by atoms with van der Waals surface area (Å²) < 4.78 is 27.1. The summed E-state index contributed by atoms with van der Waals surface area (Å²) in [5.74, 6) is 0.246. The first-order valence-electron chi connectivity index (χ1n) is 19.2. The summed E-state index contributed by atoms with van der Waals surface area (Å²) >= 11 is 0. The lowest BCUT2D eigenvalue weighted by Gasteiger charge is -2.78. The number of benzene rings is 1. The molecule has 5 saturated carbocycles. The molecule has 6 aliphatic carbocycles. The minimum absolute atomic E-state index is 0.00712. The van der Waals surface area contributed by atoms with E-state index in [0.717, 1.165) is 29.6 Å². The number of hydrogen-bond acceptors (Lipinski definition) is 7. The van der Waals surface area contributed by atoms with Gasteiger partial charge in [0.2, 0.25) is 0 Å². The number of carbonyl (C=O) groups excluding carboxylic acids is 3. The second-order valence-electron chi connectivity index (χ2n) is 18.1. The first kappa shape index (κ1) is 33.7. The molecule has 5 unspecified atom stereocenters. The van der Waals surface area contributed by atoms with Crippen molar-refractivity contribution in [3.63, 3.8) is 0 Å². The Bertz CT molecular complexity index is 1810. The second kappa shape index (κ2) is 10.7. The number of esters is 1. The van der Waals surface area contributed by atoms with Crippen molar-refractivity contribution in [2.45, 2.75) is 91.3 Å². The highest BCUT2D eigenvalue weighted by Crippen LogP contribution is 2.96. The normalized spacial score (nSPS) is 48.9. The predicted octanol–water partition coefficient (Wildman–Crippen LogP) is 7.36. The monoisotopic (exact) mass is 692 g/mol. The van der Waals surface area contributed by atoms with E-state index < -0.39 is 45.1 Å². The molecule has 2 bridgehead atoms. The van der Waals surface area contributed by atoms with Gasteiger partial charge in [-0.25, -0.2) is 0 Å². The van der Waals surface area contributed by atoms with Crippen LogP contribution < -0.4 is 0 Å². The maximum Gasteiger partial charge on any atom is 0.314 e. The fourth-order valence-electron chi connectivity index (χ4n) is 14.4. The van der Waals surface area contributed by atoms with Crippen LogP contribution in [-0.2, 0) is 39.9 Å². The highest BCUT2D eigenvalue weighted by Gasteiger charge is 2.99. The number of fused-ring (bicyclic) bond motifs is 3. The van der Waals surface area contributed by atoms with E-state index in [-0.39, 0.29) is 60.3 Å². The van der Waals surface area contributed by atoms with Crippen LogP contribution in [0.25, 0.3) is 0 Å². The van der Waals surface area contributed by atoms with Gasteiger partial charge in [0.25, 0.3) is 0 Å². The van der Waals surface area contributed by atoms with Crippen LogP contribution in [0.4, 0.5) is 0 Å². The summed E-state index contributed by atoms with van der Waals surface area (Å²) in [5, 5.41) is 0. The van der Waals surface area contributed by atoms with Gasteiger partial charge in [-0.2, -0.15) is 0 Å². The van der Waals surface area contributed by atoms with E-state index in [9.17, 15) is 9.59 Å². The topological polar surface area (TPSA) is 88.1 Å². The molecule has 13 atom stereocenters. The third-order valence-electron chi connectivity index (χ3n) is 16.1. The van der Waals surface area contributed by atoms with Gasteiger partial charge in [-0.05, 0) is 84.5 Å². The summed E-state index contributed by atoms with van der Waals surface area (Å²) in [6, 6.07) is 9.82. The standard InChI is InChI=1S/C44H52O7/c1-8-29-19-42(38(47)49-22-28-12-10-9-11-13-28)41-21-34(41)37-44(35(46)24-48-23-32(25(2)3)26(4)16-36(50-37)51-44)40(41,7)20-30-17-27(5)43(30,42)39(6)15-14-31(45)18-33(29)39/h8-15,18,25-26,29-30,32,34,36-37H,1,5,16-17,19-24H2,2-4,6-7H3/t26?,29-,30-,32?,34?,36?,37+,39-,40-,41+,42?,43+,44+/m0/s1.